The molecule has 1 aromatic heterocycles. The van der Waals surface area contributed by atoms with Crippen molar-refractivity contribution in [2.24, 2.45) is 0 Å². The molecular formula is C8H7BBrNO2S. The Labute approximate surface area is 93.4 Å². The minimum Gasteiger partial charge on any atom is -0.423 e. The molecule has 6 heteroatoms. The molecule has 2 aromatic rings. The third kappa shape index (κ3) is 1.54. The maximum Gasteiger partial charge on any atom is 0.489 e. The first-order chi connectivity index (χ1) is 6.59. The molecule has 3 nitrogen and oxygen atoms in total. The van der Waals surface area contributed by atoms with Crippen molar-refractivity contribution in [3.8, 4) is 0 Å². The van der Waals surface area contributed by atoms with E-state index in [2.05, 4.69) is 15.9 Å². The number of fused-ring (bicyclic) bond motifs is 1. The lowest BCUT2D eigenvalue weighted by atomic mass is 9.78. The molecule has 1 heterocycles. The zero-order valence-electron chi connectivity index (χ0n) is 7.07. The second kappa shape index (κ2) is 3.54. The predicted molar refractivity (Wildman–Crippen MR) is 63.8 cm³/mol. The highest BCUT2D eigenvalue weighted by molar-refractivity contribution is 9.10. The number of hydrogen-bond donors (Lipinski definition) is 3. The second-order valence-electron chi connectivity index (χ2n) is 2.93. The van der Waals surface area contributed by atoms with E-state index in [4.69, 9.17) is 5.73 Å². The van der Waals surface area contributed by atoms with Crippen LogP contribution in [0.3, 0.4) is 0 Å². The minimum atomic E-state index is -1.49. The van der Waals surface area contributed by atoms with Gasteiger partial charge in [0, 0.05) is 25.6 Å². The van der Waals surface area contributed by atoms with Crippen LogP contribution in [0, 0.1) is 0 Å². The van der Waals surface area contributed by atoms with Gasteiger partial charge in [-0.2, -0.15) is 0 Å². The van der Waals surface area contributed by atoms with Gasteiger partial charge in [0.05, 0.1) is 0 Å². The first kappa shape index (κ1) is 9.98. The Morgan fingerprint density at radius 2 is 2.07 bits per heavy atom. The van der Waals surface area contributed by atoms with Gasteiger partial charge < -0.3 is 15.8 Å². The largest absolute Gasteiger partial charge is 0.489 e. The smallest absolute Gasteiger partial charge is 0.423 e. The van der Waals surface area contributed by atoms with Gasteiger partial charge in [-0.1, -0.05) is 15.9 Å². The van der Waals surface area contributed by atoms with Crippen LogP contribution >= 0.6 is 27.3 Å². The highest BCUT2D eigenvalue weighted by Crippen LogP contribution is 2.29. The Bertz CT molecular complexity index is 485. The summed E-state index contributed by atoms with van der Waals surface area (Å²) in [5.74, 6) is 0. The van der Waals surface area contributed by atoms with E-state index in [1.54, 1.807) is 11.4 Å². The summed E-state index contributed by atoms with van der Waals surface area (Å²) in [6.45, 7) is 0. The number of thiophene rings is 1. The fraction of sp³-hybridized carbons (Fsp3) is 0. The van der Waals surface area contributed by atoms with Crippen molar-refractivity contribution < 1.29 is 10.0 Å². The van der Waals surface area contributed by atoms with Gasteiger partial charge in [0.25, 0.3) is 0 Å². The molecule has 0 amide bonds. The summed E-state index contributed by atoms with van der Waals surface area (Å²) in [5.41, 5.74) is 6.76. The van der Waals surface area contributed by atoms with Gasteiger partial charge in [0.2, 0.25) is 0 Å². The quantitative estimate of drug-likeness (QED) is 0.676. The zero-order chi connectivity index (χ0) is 10.3. The molecule has 0 fully saturated rings. The van der Waals surface area contributed by atoms with Crippen molar-refractivity contribution in [1.82, 2.24) is 0 Å². The normalized spacial score (nSPS) is 10.8. The van der Waals surface area contributed by atoms with Gasteiger partial charge in [0.1, 0.15) is 0 Å². The van der Waals surface area contributed by atoms with Crippen molar-refractivity contribution in [3.05, 3.63) is 22.0 Å². The van der Waals surface area contributed by atoms with Crippen LogP contribution in [0.2, 0.25) is 0 Å². The van der Waals surface area contributed by atoms with Crippen LogP contribution in [0.25, 0.3) is 10.1 Å². The van der Waals surface area contributed by atoms with Crippen LogP contribution in [0.1, 0.15) is 0 Å². The van der Waals surface area contributed by atoms with E-state index >= 15 is 0 Å². The second-order valence-corrected chi connectivity index (χ2v) is 4.76. The molecule has 0 saturated heterocycles. The standard InChI is InChI=1S/C8H7BBrNO2S/c10-4-1-5(9(12)13)8-6(11)3-14-7(8)2-4/h1-3,12-13H,11H2. The number of benzene rings is 1. The van der Waals surface area contributed by atoms with Gasteiger partial charge in [-0.15, -0.1) is 11.3 Å². The monoisotopic (exact) mass is 271 g/mol. The maximum absolute atomic E-state index is 9.17. The van der Waals surface area contributed by atoms with Crippen LogP contribution in [-0.2, 0) is 0 Å². The Hall–Kier alpha value is -0.555. The average molecular weight is 272 g/mol. The Morgan fingerprint density at radius 1 is 1.36 bits per heavy atom. The molecule has 0 atom stereocenters. The Kier molecular flexibility index (Phi) is 2.53. The van der Waals surface area contributed by atoms with Crippen molar-refractivity contribution in [2.75, 3.05) is 5.73 Å². The molecular weight excluding hydrogens is 265 g/mol. The third-order valence-corrected chi connectivity index (χ3v) is 3.38. The molecule has 0 spiro atoms. The number of anilines is 1. The lowest BCUT2D eigenvalue weighted by Crippen LogP contribution is -2.30. The van der Waals surface area contributed by atoms with E-state index in [9.17, 15) is 10.0 Å². The van der Waals surface area contributed by atoms with Crippen LogP contribution in [0.5, 0.6) is 0 Å². The summed E-state index contributed by atoms with van der Waals surface area (Å²) >= 11 is 4.79. The first-order valence-electron chi connectivity index (χ1n) is 3.92. The minimum absolute atomic E-state index is 0.438. The van der Waals surface area contributed by atoms with Gasteiger partial charge in [-0.3, -0.25) is 0 Å². The van der Waals surface area contributed by atoms with Gasteiger partial charge in [-0.05, 0) is 17.6 Å². The molecule has 0 aliphatic rings. The Balaban J connectivity index is 2.83. The van der Waals surface area contributed by atoms with Gasteiger partial charge in [0.15, 0.2) is 0 Å². The lowest BCUT2D eigenvalue weighted by molar-refractivity contribution is 0.426. The fourth-order valence-electron chi connectivity index (χ4n) is 1.39. The molecule has 0 radical (unpaired) electrons. The van der Waals surface area contributed by atoms with Gasteiger partial charge in [-0.25, -0.2) is 0 Å². The number of nitrogens with two attached hydrogens (primary N) is 1. The molecule has 4 N–H and O–H groups in total. The molecule has 0 aliphatic heterocycles. The van der Waals surface area contributed by atoms with Crippen LogP contribution < -0.4 is 11.2 Å². The highest BCUT2D eigenvalue weighted by Gasteiger charge is 2.18. The topological polar surface area (TPSA) is 66.5 Å². The molecule has 0 bridgehead atoms. The van der Waals surface area contributed by atoms with Crippen LogP contribution in [-0.4, -0.2) is 17.2 Å². The molecule has 2 rings (SSSR count). The van der Waals surface area contributed by atoms with E-state index in [-0.39, 0.29) is 0 Å². The molecule has 0 saturated carbocycles. The van der Waals surface area contributed by atoms with E-state index in [1.807, 2.05) is 6.07 Å². The number of rotatable bonds is 1. The maximum atomic E-state index is 9.17. The van der Waals surface area contributed by atoms with E-state index in [0.29, 0.717) is 11.2 Å². The first-order valence-corrected chi connectivity index (χ1v) is 5.59. The third-order valence-electron chi connectivity index (χ3n) is 1.98. The zero-order valence-corrected chi connectivity index (χ0v) is 9.47. The van der Waals surface area contributed by atoms with E-state index in [1.165, 1.54) is 11.3 Å². The van der Waals surface area contributed by atoms with Crippen molar-refractivity contribution in [2.45, 2.75) is 0 Å². The number of hydrogen-bond acceptors (Lipinski definition) is 4. The average Bonchev–Trinajstić information content (AvgIpc) is 2.46. The molecule has 0 unspecified atom stereocenters. The van der Waals surface area contributed by atoms with Gasteiger partial charge >= 0.3 is 7.12 Å². The molecule has 14 heavy (non-hydrogen) atoms. The number of nitrogen functional groups attached to an aromatic ring is 1. The van der Waals surface area contributed by atoms with Crippen molar-refractivity contribution in [3.63, 3.8) is 0 Å². The summed E-state index contributed by atoms with van der Waals surface area (Å²) in [7, 11) is -1.49. The predicted octanol–water partition coefficient (Wildman–Crippen LogP) is 0.926. The Morgan fingerprint density at radius 3 is 2.71 bits per heavy atom. The molecule has 1 aromatic carbocycles. The summed E-state index contributed by atoms with van der Waals surface area (Å²) < 4.78 is 1.76. The summed E-state index contributed by atoms with van der Waals surface area (Å²) in [6.07, 6.45) is 0. The van der Waals surface area contributed by atoms with Crippen molar-refractivity contribution >= 4 is 55.6 Å². The SMILES string of the molecule is Nc1csc2cc(Br)cc(B(O)O)c12. The van der Waals surface area contributed by atoms with Crippen LogP contribution in [0.15, 0.2) is 22.0 Å². The molecule has 72 valence electrons. The highest BCUT2D eigenvalue weighted by atomic mass is 79.9. The van der Waals surface area contributed by atoms with E-state index < -0.39 is 7.12 Å². The fourth-order valence-corrected chi connectivity index (χ4v) is 2.94. The van der Waals surface area contributed by atoms with E-state index in [0.717, 1.165) is 14.6 Å². The summed E-state index contributed by atoms with van der Waals surface area (Å²) in [5, 5.41) is 20.9. The summed E-state index contributed by atoms with van der Waals surface area (Å²) in [6, 6.07) is 3.57. The molecule has 0 aliphatic carbocycles. The summed E-state index contributed by atoms with van der Waals surface area (Å²) in [4.78, 5) is 0. The van der Waals surface area contributed by atoms with Crippen molar-refractivity contribution in [1.29, 1.82) is 0 Å². The van der Waals surface area contributed by atoms with Crippen LogP contribution in [0.4, 0.5) is 5.69 Å². The lowest BCUT2D eigenvalue weighted by Gasteiger charge is -2.03. The number of halogens is 1.